The summed E-state index contributed by atoms with van der Waals surface area (Å²) in [6.45, 7) is 4.09. The van der Waals surface area contributed by atoms with Gasteiger partial charge in [-0.1, -0.05) is 0 Å². The molecule has 152 valence electrons. The normalized spacial score (nSPS) is 22.2. The topological polar surface area (TPSA) is 99.3 Å². The summed E-state index contributed by atoms with van der Waals surface area (Å²) in [5.74, 6) is -0.125. The van der Waals surface area contributed by atoms with Crippen molar-refractivity contribution in [2.75, 3.05) is 19.6 Å². The van der Waals surface area contributed by atoms with Gasteiger partial charge in [-0.25, -0.2) is 0 Å². The molecule has 2 aliphatic heterocycles. The molecule has 29 heavy (non-hydrogen) atoms. The average Bonchev–Trinajstić information content (AvgIpc) is 2.73. The highest BCUT2D eigenvalue weighted by atomic mass is 16.2. The Balaban J connectivity index is 1.50. The molecule has 0 radical (unpaired) electrons. The second-order valence-corrected chi connectivity index (χ2v) is 8.14. The van der Waals surface area contributed by atoms with Gasteiger partial charge in [0.05, 0.1) is 24.1 Å². The van der Waals surface area contributed by atoms with E-state index in [-0.39, 0.29) is 28.4 Å². The Kier molecular flexibility index (Phi) is 5.17. The average molecular weight is 395 g/mol. The number of likely N-dealkylation sites (tertiary alicyclic amines) is 2. The van der Waals surface area contributed by atoms with Crippen molar-refractivity contribution in [2.24, 2.45) is 5.41 Å². The Hall–Kier alpha value is -3.03. The van der Waals surface area contributed by atoms with Crippen LogP contribution in [0, 0.1) is 12.3 Å². The van der Waals surface area contributed by atoms with Crippen LogP contribution < -0.4 is 5.56 Å². The largest absolute Gasteiger partial charge is 0.338 e. The predicted molar refractivity (Wildman–Crippen MR) is 106 cm³/mol. The molecule has 2 saturated heterocycles. The van der Waals surface area contributed by atoms with Crippen LogP contribution in [0.3, 0.4) is 0 Å². The summed E-state index contributed by atoms with van der Waals surface area (Å²) in [6, 6.07) is 3.23. The first kappa shape index (κ1) is 19.3. The molecule has 0 saturated carbocycles. The van der Waals surface area contributed by atoms with Crippen LogP contribution in [0.2, 0.25) is 0 Å². The summed E-state index contributed by atoms with van der Waals surface area (Å²) < 4.78 is 0. The Morgan fingerprint density at radius 1 is 1.21 bits per heavy atom. The molecule has 1 N–H and O–H groups in total. The van der Waals surface area contributed by atoms with E-state index in [2.05, 4.69) is 15.0 Å². The molecule has 2 aromatic heterocycles. The number of hydrogen-bond acceptors (Lipinski definition) is 5. The van der Waals surface area contributed by atoms with E-state index in [1.807, 2.05) is 11.8 Å². The number of aryl methyl sites for hydroxylation is 1. The van der Waals surface area contributed by atoms with Gasteiger partial charge in [0, 0.05) is 43.9 Å². The van der Waals surface area contributed by atoms with E-state index in [4.69, 9.17) is 0 Å². The summed E-state index contributed by atoms with van der Waals surface area (Å²) in [6.07, 6.45) is 7.99. The molecule has 1 unspecified atom stereocenters. The quantitative estimate of drug-likeness (QED) is 0.849. The zero-order valence-corrected chi connectivity index (χ0v) is 16.6. The number of nitrogens with one attached hydrogen (secondary N) is 1. The highest BCUT2D eigenvalue weighted by Crippen LogP contribution is 2.39. The van der Waals surface area contributed by atoms with Gasteiger partial charge in [-0.3, -0.25) is 24.4 Å². The van der Waals surface area contributed by atoms with Crippen LogP contribution in [0.1, 0.15) is 47.4 Å². The fourth-order valence-corrected chi connectivity index (χ4v) is 4.42. The van der Waals surface area contributed by atoms with Crippen molar-refractivity contribution in [2.45, 2.75) is 39.2 Å². The number of amides is 2. The minimum absolute atomic E-state index is 0.112. The van der Waals surface area contributed by atoms with Crippen molar-refractivity contribution in [3.8, 4) is 0 Å². The van der Waals surface area contributed by atoms with Crippen LogP contribution in [-0.2, 0) is 11.3 Å². The van der Waals surface area contributed by atoms with Crippen molar-refractivity contribution in [1.29, 1.82) is 0 Å². The Morgan fingerprint density at radius 3 is 2.83 bits per heavy atom. The molecule has 2 amide bonds. The Labute approximate surface area is 169 Å². The highest BCUT2D eigenvalue weighted by Gasteiger charge is 2.43. The van der Waals surface area contributed by atoms with E-state index in [0.29, 0.717) is 32.6 Å². The van der Waals surface area contributed by atoms with Crippen molar-refractivity contribution in [3.63, 3.8) is 0 Å². The molecule has 2 aromatic rings. The molecule has 1 spiro atoms. The standard InChI is InChI=1S/C21H25N5O3/c1-15-10-24-16(11-23-15)12-26-14-21(7-5-18(26)27)6-3-9-25(13-21)20(29)17-4-2-8-22-19(17)28/h2,4,8,10-11H,3,5-7,9,12-14H2,1H3,(H,22,28). The summed E-state index contributed by atoms with van der Waals surface area (Å²) in [5.41, 5.74) is 1.27. The number of carbonyl (C=O) groups is 2. The maximum Gasteiger partial charge on any atom is 0.260 e. The fourth-order valence-electron chi connectivity index (χ4n) is 4.42. The minimum Gasteiger partial charge on any atom is -0.338 e. The zero-order valence-electron chi connectivity index (χ0n) is 16.6. The van der Waals surface area contributed by atoms with Crippen LogP contribution in [0.15, 0.2) is 35.5 Å². The lowest BCUT2D eigenvalue weighted by atomic mass is 9.73. The molecule has 1 atom stereocenters. The molecular formula is C21H25N5O3. The van der Waals surface area contributed by atoms with Crippen molar-refractivity contribution >= 4 is 11.8 Å². The third kappa shape index (κ3) is 4.06. The van der Waals surface area contributed by atoms with Crippen LogP contribution in [-0.4, -0.2) is 56.2 Å². The van der Waals surface area contributed by atoms with E-state index in [1.165, 1.54) is 6.20 Å². The number of rotatable bonds is 3. The molecule has 0 bridgehead atoms. The molecule has 0 aliphatic carbocycles. The van der Waals surface area contributed by atoms with Gasteiger partial charge in [0.15, 0.2) is 0 Å². The third-order valence-corrected chi connectivity index (χ3v) is 5.93. The summed E-state index contributed by atoms with van der Waals surface area (Å²) in [5, 5.41) is 0. The smallest absolute Gasteiger partial charge is 0.260 e. The summed E-state index contributed by atoms with van der Waals surface area (Å²) in [4.78, 5) is 52.3. The third-order valence-electron chi connectivity index (χ3n) is 5.93. The molecular weight excluding hydrogens is 370 g/mol. The number of H-pyrrole nitrogens is 1. The van der Waals surface area contributed by atoms with Crippen LogP contribution >= 0.6 is 0 Å². The summed E-state index contributed by atoms with van der Waals surface area (Å²) in [7, 11) is 0. The molecule has 2 fully saturated rings. The molecule has 4 heterocycles. The molecule has 2 aliphatic rings. The lowest BCUT2D eigenvalue weighted by Gasteiger charge is -2.48. The summed E-state index contributed by atoms with van der Waals surface area (Å²) >= 11 is 0. The first-order valence-electron chi connectivity index (χ1n) is 9.98. The van der Waals surface area contributed by atoms with Gasteiger partial charge in [0.1, 0.15) is 5.56 Å². The lowest BCUT2D eigenvalue weighted by Crippen LogP contribution is -2.55. The second kappa shape index (κ2) is 7.77. The van der Waals surface area contributed by atoms with E-state index >= 15 is 0 Å². The van der Waals surface area contributed by atoms with Gasteiger partial charge in [-0.2, -0.15) is 0 Å². The monoisotopic (exact) mass is 395 g/mol. The van der Waals surface area contributed by atoms with Crippen molar-refractivity contribution < 1.29 is 9.59 Å². The first-order valence-corrected chi connectivity index (χ1v) is 9.98. The fraction of sp³-hybridized carbons (Fsp3) is 0.476. The van der Waals surface area contributed by atoms with E-state index in [0.717, 1.165) is 30.7 Å². The van der Waals surface area contributed by atoms with Crippen LogP contribution in [0.5, 0.6) is 0 Å². The Morgan fingerprint density at radius 2 is 2.07 bits per heavy atom. The Bertz CT molecular complexity index is 971. The number of pyridine rings is 1. The number of aromatic nitrogens is 3. The molecule has 4 rings (SSSR count). The number of aromatic amines is 1. The van der Waals surface area contributed by atoms with Gasteiger partial charge in [-0.05, 0) is 38.3 Å². The van der Waals surface area contributed by atoms with E-state index in [9.17, 15) is 14.4 Å². The number of carbonyl (C=O) groups excluding carboxylic acids is 2. The van der Waals surface area contributed by atoms with Crippen molar-refractivity contribution in [3.05, 3.63) is 58.0 Å². The van der Waals surface area contributed by atoms with Crippen molar-refractivity contribution in [1.82, 2.24) is 24.8 Å². The maximum absolute atomic E-state index is 12.9. The number of nitrogens with zero attached hydrogens (tertiary/aromatic N) is 4. The zero-order chi connectivity index (χ0) is 20.4. The molecule has 8 nitrogen and oxygen atoms in total. The number of piperidine rings is 2. The predicted octanol–water partition coefficient (Wildman–Crippen LogP) is 1.52. The second-order valence-electron chi connectivity index (χ2n) is 8.14. The van der Waals surface area contributed by atoms with Gasteiger partial charge >= 0.3 is 0 Å². The maximum atomic E-state index is 12.9. The van der Waals surface area contributed by atoms with E-state index in [1.54, 1.807) is 29.4 Å². The van der Waals surface area contributed by atoms with Gasteiger partial charge in [0.2, 0.25) is 5.91 Å². The highest BCUT2D eigenvalue weighted by molar-refractivity contribution is 5.94. The lowest BCUT2D eigenvalue weighted by molar-refractivity contribution is -0.139. The molecule has 0 aromatic carbocycles. The van der Waals surface area contributed by atoms with Gasteiger partial charge in [0.25, 0.3) is 11.5 Å². The van der Waals surface area contributed by atoms with Crippen LogP contribution in [0.25, 0.3) is 0 Å². The van der Waals surface area contributed by atoms with Gasteiger partial charge in [-0.15, -0.1) is 0 Å². The van der Waals surface area contributed by atoms with Crippen LogP contribution in [0.4, 0.5) is 0 Å². The molecule has 8 heteroatoms. The first-order chi connectivity index (χ1) is 14.0. The van der Waals surface area contributed by atoms with Gasteiger partial charge < -0.3 is 14.8 Å². The number of hydrogen-bond donors (Lipinski definition) is 1. The SMILES string of the molecule is Cc1cnc(CN2CC3(CCCN(C(=O)c4ccc[nH]c4=O)C3)CCC2=O)cn1. The minimum atomic E-state index is -0.365. The van der Waals surface area contributed by atoms with E-state index < -0.39 is 0 Å².